The topological polar surface area (TPSA) is 17.1 Å². The average molecular weight is 234 g/mol. The molecular weight excluding hydrogens is 220 g/mol. The Bertz CT molecular complexity index is 623. The Morgan fingerprint density at radius 2 is 1.50 bits per heavy atom. The number of fused-ring (bicyclic) bond motifs is 5. The van der Waals surface area contributed by atoms with Gasteiger partial charge in [-0.2, -0.15) is 0 Å². The molecule has 1 fully saturated rings. The van der Waals surface area contributed by atoms with Crippen molar-refractivity contribution in [2.24, 2.45) is 5.92 Å². The molecule has 0 aliphatic heterocycles. The highest BCUT2D eigenvalue weighted by molar-refractivity contribution is 5.92. The van der Waals surface area contributed by atoms with E-state index < -0.39 is 0 Å². The molecule has 1 unspecified atom stereocenters. The van der Waals surface area contributed by atoms with Crippen molar-refractivity contribution in [2.45, 2.75) is 18.8 Å². The monoisotopic (exact) mass is 234 g/mol. The Morgan fingerprint density at radius 3 is 1.94 bits per heavy atom. The Hall–Kier alpha value is -1.89. The molecule has 0 amide bonds. The molecule has 88 valence electrons. The van der Waals surface area contributed by atoms with Gasteiger partial charge in [0.25, 0.3) is 0 Å². The summed E-state index contributed by atoms with van der Waals surface area (Å²) in [6.07, 6.45) is 0.982. The van der Waals surface area contributed by atoms with Crippen LogP contribution in [0.25, 0.3) is 11.1 Å². The lowest BCUT2D eigenvalue weighted by molar-refractivity contribution is -0.118. The average Bonchev–Trinajstić information content (AvgIpc) is 3.09. The number of Topliss-reactive ketones (excluding diaryl/α,β-unsaturated/α-hetero) is 1. The molecule has 1 heteroatoms. The summed E-state index contributed by atoms with van der Waals surface area (Å²) in [5.41, 5.74) is 5.34. The highest BCUT2D eigenvalue weighted by Gasteiger charge is 2.62. The Kier molecular flexibility index (Phi) is 1.74. The van der Waals surface area contributed by atoms with Crippen LogP contribution in [0.15, 0.2) is 48.5 Å². The summed E-state index contributed by atoms with van der Waals surface area (Å²) in [4.78, 5) is 11.8. The molecule has 1 spiro atoms. The van der Waals surface area contributed by atoms with Crippen LogP contribution in [-0.4, -0.2) is 5.78 Å². The maximum Gasteiger partial charge on any atom is 0.134 e. The zero-order valence-corrected chi connectivity index (χ0v) is 10.3. The van der Waals surface area contributed by atoms with E-state index in [9.17, 15) is 4.79 Å². The lowest BCUT2D eigenvalue weighted by Gasteiger charge is -2.12. The number of rotatable bonds is 1. The van der Waals surface area contributed by atoms with Crippen LogP contribution < -0.4 is 0 Å². The van der Waals surface area contributed by atoms with E-state index >= 15 is 0 Å². The summed E-state index contributed by atoms with van der Waals surface area (Å²) in [5, 5.41) is 0. The van der Waals surface area contributed by atoms with Crippen LogP contribution >= 0.6 is 0 Å². The molecule has 0 heterocycles. The van der Waals surface area contributed by atoms with Crippen LogP contribution in [0.5, 0.6) is 0 Å². The highest BCUT2D eigenvalue weighted by atomic mass is 16.1. The number of benzene rings is 2. The summed E-state index contributed by atoms with van der Waals surface area (Å²) < 4.78 is 0. The summed E-state index contributed by atoms with van der Waals surface area (Å²) in [6.45, 7) is 1.73. The molecule has 2 aromatic carbocycles. The van der Waals surface area contributed by atoms with Crippen LogP contribution in [0.2, 0.25) is 0 Å². The van der Waals surface area contributed by atoms with E-state index in [1.54, 1.807) is 6.92 Å². The first kappa shape index (κ1) is 10.1. The van der Waals surface area contributed by atoms with Gasteiger partial charge >= 0.3 is 0 Å². The van der Waals surface area contributed by atoms with Gasteiger partial charge in [0, 0.05) is 11.3 Å². The van der Waals surface area contributed by atoms with Crippen LogP contribution in [0.4, 0.5) is 0 Å². The molecule has 2 aromatic rings. The van der Waals surface area contributed by atoms with E-state index in [-0.39, 0.29) is 11.3 Å². The standard InChI is InChI=1S/C17H14O/c1-11(18)16-10-17(16)14-8-4-2-6-12(14)13-7-3-5-9-15(13)17/h2-9,16H,10H2,1H3. The maximum absolute atomic E-state index is 11.8. The van der Waals surface area contributed by atoms with Crippen molar-refractivity contribution in [2.75, 3.05) is 0 Å². The fraction of sp³-hybridized carbons (Fsp3) is 0.235. The smallest absolute Gasteiger partial charge is 0.134 e. The zero-order valence-electron chi connectivity index (χ0n) is 10.3. The first-order valence-electron chi connectivity index (χ1n) is 6.45. The molecular formula is C17H14O. The third kappa shape index (κ3) is 1.01. The Morgan fingerprint density at radius 1 is 1.00 bits per heavy atom. The van der Waals surface area contributed by atoms with E-state index in [0.29, 0.717) is 5.78 Å². The van der Waals surface area contributed by atoms with Gasteiger partial charge in [0.2, 0.25) is 0 Å². The largest absolute Gasteiger partial charge is 0.300 e. The fourth-order valence-corrected chi connectivity index (χ4v) is 3.71. The van der Waals surface area contributed by atoms with Crippen molar-refractivity contribution >= 4 is 5.78 Å². The first-order chi connectivity index (χ1) is 8.75. The van der Waals surface area contributed by atoms with Gasteiger partial charge in [0.1, 0.15) is 5.78 Å². The van der Waals surface area contributed by atoms with Crippen LogP contribution in [0.3, 0.4) is 0 Å². The molecule has 0 saturated heterocycles. The van der Waals surface area contributed by atoms with E-state index in [1.165, 1.54) is 22.3 Å². The second-order valence-corrected chi connectivity index (χ2v) is 5.43. The van der Waals surface area contributed by atoms with Gasteiger partial charge in [0.05, 0.1) is 0 Å². The number of hydrogen-bond acceptors (Lipinski definition) is 1. The molecule has 1 atom stereocenters. The minimum Gasteiger partial charge on any atom is -0.300 e. The van der Waals surface area contributed by atoms with Crippen molar-refractivity contribution in [1.29, 1.82) is 0 Å². The number of carbonyl (C=O) groups is 1. The fourth-order valence-electron chi connectivity index (χ4n) is 3.71. The number of ketones is 1. The second-order valence-electron chi connectivity index (χ2n) is 5.43. The molecule has 0 N–H and O–H groups in total. The van der Waals surface area contributed by atoms with Crippen molar-refractivity contribution in [3.05, 3.63) is 59.7 Å². The van der Waals surface area contributed by atoms with Gasteiger partial charge in [-0.1, -0.05) is 48.5 Å². The van der Waals surface area contributed by atoms with E-state index in [2.05, 4.69) is 48.5 Å². The predicted molar refractivity (Wildman–Crippen MR) is 71.4 cm³/mol. The molecule has 0 radical (unpaired) electrons. The highest BCUT2D eigenvalue weighted by Crippen LogP contribution is 2.66. The molecule has 1 nitrogen and oxygen atoms in total. The molecule has 0 aromatic heterocycles. The maximum atomic E-state index is 11.8. The van der Waals surface area contributed by atoms with Crippen molar-refractivity contribution < 1.29 is 4.79 Å². The quantitative estimate of drug-likeness (QED) is 0.737. The van der Waals surface area contributed by atoms with Crippen LogP contribution in [0, 0.1) is 5.92 Å². The normalized spacial score (nSPS) is 21.5. The first-order valence-corrected chi connectivity index (χ1v) is 6.45. The second kappa shape index (κ2) is 3.11. The number of carbonyl (C=O) groups excluding carboxylic acids is 1. The summed E-state index contributed by atoms with van der Waals surface area (Å²) >= 11 is 0. The molecule has 2 aliphatic rings. The predicted octanol–water partition coefficient (Wildman–Crippen LogP) is 3.56. The summed E-state index contributed by atoms with van der Waals surface area (Å²) in [7, 11) is 0. The van der Waals surface area contributed by atoms with Crippen molar-refractivity contribution in [3.8, 4) is 11.1 Å². The molecule has 4 rings (SSSR count). The van der Waals surface area contributed by atoms with Gasteiger partial charge in [-0.15, -0.1) is 0 Å². The lowest BCUT2D eigenvalue weighted by Crippen LogP contribution is -2.12. The molecule has 0 bridgehead atoms. The summed E-state index contributed by atoms with van der Waals surface area (Å²) in [6, 6.07) is 17.1. The van der Waals surface area contributed by atoms with Gasteiger partial charge in [0.15, 0.2) is 0 Å². The third-order valence-electron chi connectivity index (χ3n) is 4.56. The summed E-state index contributed by atoms with van der Waals surface area (Å²) in [5.74, 6) is 0.504. The molecule has 18 heavy (non-hydrogen) atoms. The van der Waals surface area contributed by atoms with Crippen LogP contribution in [-0.2, 0) is 10.2 Å². The van der Waals surface area contributed by atoms with Crippen LogP contribution in [0.1, 0.15) is 24.5 Å². The Balaban J connectivity index is 2.03. The van der Waals surface area contributed by atoms with Gasteiger partial charge in [-0.25, -0.2) is 0 Å². The van der Waals surface area contributed by atoms with E-state index in [0.717, 1.165) is 6.42 Å². The number of hydrogen-bond donors (Lipinski definition) is 0. The molecule has 1 saturated carbocycles. The molecule has 2 aliphatic carbocycles. The minimum atomic E-state index is -0.000972. The van der Waals surface area contributed by atoms with Gasteiger partial charge in [-0.3, -0.25) is 4.79 Å². The Labute approximate surface area is 106 Å². The van der Waals surface area contributed by atoms with Crippen molar-refractivity contribution in [1.82, 2.24) is 0 Å². The van der Waals surface area contributed by atoms with E-state index in [4.69, 9.17) is 0 Å². The van der Waals surface area contributed by atoms with Gasteiger partial charge in [-0.05, 0) is 35.6 Å². The third-order valence-corrected chi connectivity index (χ3v) is 4.56. The van der Waals surface area contributed by atoms with Crippen molar-refractivity contribution in [3.63, 3.8) is 0 Å². The lowest BCUT2D eigenvalue weighted by atomic mass is 9.90. The minimum absolute atomic E-state index is 0.000972. The van der Waals surface area contributed by atoms with Gasteiger partial charge < -0.3 is 0 Å². The SMILES string of the molecule is CC(=O)C1CC12c1ccccc1-c1ccccc12. The zero-order chi connectivity index (χ0) is 12.3. The van der Waals surface area contributed by atoms with E-state index in [1.807, 2.05) is 0 Å².